The molecule has 0 N–H and O–H groups in total. The smallest absolute Gasteiger partial charge is 0.490 e. The Morgan fingerprint density at radius 1 is 0.787 bits per heavy atom. The Balaban J connectivity index is 1.89. The third-order valence-corrected chi connectivity index (χ3v) is 8.67. The quantitative estimate of drug-likeness (QED) is 0.115. The zero-order chi connectivity index (χ0) is 34.4. The summed E-state index contributed by atoms with van der Waals surface area (Å²) >= 11 is 0. The summed E-state index contributed by atoms with van der Waals surface area (Å²) in [5, 5.41) is 0.802. The molecule has 10 nitrogen and oxygen atoms in total. The molecule has 0 aliphatic heterocycles. The lowest BCUT2D eigenvalue weighted by molar-refractivity contribution is -0.216. The molecule has 0 spiro atoms. The molecule has 0 radical (unpaired) electrons. The van der Waals surface area contributed by atoms with Gasteiger partial charge in [-0.25, -0.2) is 14.4 Å². The summed E-state index contributed by atoms with van der Waals surface area (Å²) in [4.78, 5) is 37.6. The standard InChI is InChI=1S/C34H33F3O10/c1-16(2)27-19(28-23(43-6)12-21(41-4)17-8-10-25(38)45-30(17)28)14-33(3,47-32(40)34(35,36)37)15-20(27)29-24(44-7)13-22(42-5)18-9-11-26(39)46-31(18)29/h8-13,19-20,27H,1,14-15H2,2-7H3. The number of halogens is 3. The highest BCUT2D eigenvalue weighted by Crippen LogP contribution is 2.59. The maximum absolute atomic E-state index is 13.7. The first kappa shape index (κ1) is 33.4. The number of rotatable bonds is 8. The second kappa shape index (κ2) is 12.3. The molecule has 2 atom stereocenters. The van der Waals surface area contributed by atoms with E-state index in [4.69, 9.17) is 32.5 Å². The Labute approximate surface area is 266 Å². The molecule has 2 heterocycles. The van der Waals surface area contributed by atoms with Crippen LogP contribution in [0.25, 0.3) is 21.9 Å². The third kappa shape index (κ3) is 6.01. The van der Waals surface area contributed by atoms with E-state index >= 15 is 0 Å². The summed E-state index contributed by atoms with van der Waals surface area (Å²) in [5.74, 6) is -3.65. The Hall–Kier alpha value is -4.94. The number of ether oxygens (including phenoxy) is 5. The monoisotopic (exact) mass is 658 g/mol. The van der Waals surface area contributed by atoms with Crippen molar-refractivity contribution in [2.24, 2.45) is 5.92 Å². The van der Waals surface area contributed by atoms with Gasteiger partial charge in [-0.05, 0) is 44.7 Å². The predicted octanol–water partition coefficient (Wildman–Crippen LogP) is 6.65. The number of hydrogen-bond donors (Lipinski definition) is 0. The van der Waals surface area contributed by atoms with E-state index in [1.807, 2.05) is 0 Å². The highest BCUT2D eigenvalue weighted by Gasteiger charge is 2.53. The summed E-state index contributed by atoms with van der Waals surface area (Å²) in [6.45, 7) is 7.39. The van der Waals surface area contributed by atoms with Gasteiger partial charge >= 0.3 is 23.4 Å². The van der Waals surface area contributed by atoms with E-state index < -0.39 is 46.8 Å². The van der Waals surface area contributed by atoms with Crippen LogP contribution < -0.4 is 30.2 Å². The van der Waals surface area contributed by atoms with Crippen molar-refractivity contribution in [2.45, 2.75) is 50.3 Å². The van der Waals surface area contributed by atoms with Gasteiger partial charge < -0.3 is 32.5 Å². The van der Waals surface area contributed by atoms with E-state index in [-0.39, 0.29) is 35.5 Å². The number of carbonyl (C=O) groups is 1. The van der Waals surface area contributed by atoms with Crippen molar-refractivity contribution in [3.05, 3.63) is 80.5 Å². The molecule has 1 saturated carbocycles. The minimum Gasteiger partial charge on any atom is -0.496 e. The molecule has 1 fully saturated rings. The number of esters is 1. The number of hydrogen-bond acceptors (Lipinski definition) is 10. The molecule has 13 heteroatoms. The Bertz CT molecular complexity index is 1870. The van der Waals surface area contributed by atoms with Gasteiger partial charge in [0.25, 0.3) is 0 Å². The molecule has 0 amide bonds. The highest BCUT2D eigenvalue weighted by molar-refractivity contribution is 5.90. The minimum absolute atomic E-state index is 0.0770. The molecular formula is C34H33F3O10. The fourth-order valence-electron chi connectivity index (χ4n) is 6.94. The zero-order valence-electron chi connectivity index (χ0n) is 26.5. The van der Waals surface area contributed by atoms with Crippen LogP contribution in [-0.4, -0.2) is 46.2 Å². The average molecular weight is 659 g/mol. The van der Waals surface area contributed by atoms with Crippen LogP contribution in [0.2, 0.25) is 0 Å². The average Bonchev–Trinajstić information content (AvgIpc) is 3.01. The van der Waals surface area contributed by atoms with Crippen LogP contribution in [0, 0.1) is 5.92 Å². The lowest BCUT2D eigenvalue weighted by Crippen LogP contribution is -2.46. The summed E-state index contributed by atoms with van der Waals surface area (Å²) < 4.78 is 80.3. The van der Waals surface area contributed by atoms with Gasteiger partial charge in [0, 0.05) is 47.2 Å². The van der Waals surface area contributed by atoms with Crippen LogP contribution in [0.4, 0.5) is 13.2 Å². The van der Waals surface area contributed by atoms with Crippen LogP contribution in [-0.2, 0) is 9.53 Å². The van der Waals surface area contributed by atoms with Crippen LogP contribution >= 0.6 is 0 Å². The summed E-state index contributed by atoms with van der Waals surface area (Å²) in [6, 6.07) is 8.61. The Kier molecular flexibility index (Phi) is 8.78. The van der Waals surface area contributed by atoms with E-state index in [1.165, 1.54) is 59.6 Å². The molecule has 1 aliphatic rings. The van der Waals surface area contributed by atoms with E-state index in [1.54, 1.807) is 19.1 Å². The SMILES string of the molecule is C=C(C)C1C(c2c(OC)cc(OC)c3ccc(=O)oc23)CC(C)(OC(=O)C(F)(F)F)CC1c1c(OC)cc(OC)c2ccc(=O)oc12. The van der Waals surface area contributed by atoms with Crippen molar-refractivity contribution in [3.63, 3.8) is 0 Å². The van der Waals surface area contributed by atoms with Crippen LogP contribution in [0.5, 0.6) is 23.0 Å². The van der Waals surface area contributed by atoms with E-state index in [9.17, 15) is 27.6 Å². The lowest BCUT2D eigenvalue weighted by atomic mass is 9.60. The number of methoxy groups -OCH3 is 4. The van der Waals surface area contributed by atoms with Gasteiger partial charge in [0.15, 0.2) is 0 Å². The van der Waals surface area contributed by atoms with E-state index in [0.717, 1.165) is 0 Å². The van der Waals surface area contributed by atoms with Gasteiger partial charge in [0.05, 0.1) is 39.2 Å². The maximum Gasteiger partial charge on any atom is 0.490 e. The number of allylic oxidation sites excluding steroid dienone is 1. The molecule has 2 aromatic heterocycles. The molecular weight excluding hydrogens is 625 g/mol. The molecule has 4 aromatic rings. The third-order valence-electron chi connectivity index (χ3n) is 8.67. The van der Waals surface area contributed by atoms with Gasteiger partial charge in [-0.1, -0.05) is 12.2 Å². The maximum atomic E-state index is 13.7. The van der Waals surface area contributed by atoms with Crippen molar-refractivity contribution in [3.8, 4) is 23.0 Å². The molecule has 0 bridgehead atoms. The molecule has 47 heavy (non-hydrogen) atoms. The fourth-order valence-corrected chi connectivity index (χ4v) is 6.94. The van der Waals surface area contributed by atoms with Crippen molar-refractivity contribution >= 4 is 27.9 Å². The normalized spacial score (nSPS) is 21.3. The molecule has 0 saturated heterocycles. The Morgan fingerprint density at radius 2 is 1.19 bits per heavy atom. The predicted molar refractivity (Wildman–Crippen MR) is 165 cm³/mol. The van der Waals surface area contributed by atoms with Crippen LogP contribution in [0.15, 0.2) is 67.0 Å². The van der Waals surface area contributed by atoms with Crippen LogP contribution in [0.1, 0.15) is 49.7 Å². The van der Waals surface area contributed by atoms with Crippen LogP contribution in [0.3, 0.4) is 0 Å². The first-order valence-corrected chi connectivity index (χ1v) is 14.5. The first-order chi connectivity index (χ1) is 22.2. The van der Waals surface area contributed by atoms with Crippen molar-refractivity contribution in [2.75, 3.05) is 28.4 Å². The molecule has 2 unspecified atom stereocenters. The van der Waals surface area contributed by atoms with Crippen molar-refractivity contribution in [1.82, 2.24) is 0 Å². The highest BCUT2D eigenvalue weighted by atomic mass is 19.4. The minimum atomic E-state index is -5.28. The van der Waals surface area contributed by atoms with Gasteiger partial charge in [-0.2, -0.15) is 13.2 Å². The van der Waals surface area contributed by atoms with Gasteiger partial charge in [0.2, 0.25) is 0 Å². The Morgan fingerprint density at radius 3 is 1.53 bits per heavy atom. The zero-order valence-corrected chi connectivity index (χ0v) is 26.5. The largest absolute Gasteiger partial charge is 0.496 e. The fraction of sp³-hybridized carbons (Fsp3) is 0.382. The van der Waals surface area contributed by atoms with Gasteiger partial charge in [-0.3, -0.25) is 0 Å². The number of alkyl halides is 3. The molecule has 5 rings (SSSR count). The molecule has 250 valence electrons. The van der Waals surface area contributed by atoms with Gasteiger partial charge in [-0.15, -0.1) is 0 Å². The first-order valence-electron chi connectivity index (χ1n) is 14.5. The van der Waals surface area contributed by atoms with E-state index in [0.29, 0.717) is 39.0 Å². The summed E-state index contributed by atoms with van der Waals surface area (Å²) in [7, 11) is 5.63. The molecule has 2 aromatic carbocycles. The molecule has 1 aliphatic carbocycles. The lowest BCUT2D eigenvalue weighted by Gasteiger charge is -2.48. The van der Waals surface area contributed by atoms with Crippen molar-refractivity contribution in [1.29, 1.82) is 0 Å². The summed E-state index contributed by atoms with van der Waals surface area (Å²) in [5.41, 5.74) is -1.77. The number of carbonyl (C=O) groups excluding carboxylic acids is 1. The van der Waals surface area contributed by atoms with E-state index in [2.05, 4.69) is 6.58 Å². The second-order valence-corrected chi connectivity index (χ2v) is 11.7. The number of fused-ring (bicyclic) bond motifs is 2. The van der Waals surface area contributed by atoms with Gasteiger partial charge in [0.1, 0.15) is 39.8 Å². The second-order valence-electron chi connectivity index (χ2n) is 11.7. The number of benzene rings is 2. The summed E-state index contributed by atoms with van der Waals surface area (Å²) in [6.07, 6.45) is -5.62. The topological polar surface area (TPSA) is 124 Å². The van der Waals surface area contributed by atoms with Crippen molar-refractivity contribution < 1.29 is 50.5 Å².